The first-order chi connectivity index (χ1) is 16.6. The third-order valence-electron chi connectivity index (χ3n) is 5.36. The van der Waals surface area contributed by atoms with E-state index in [1.165, 1.54) is 17.3 Å². The molecular formula is C29H26N2O2S. The van der Waals surface area contributed by atoms with Crippen LogP contribution in [-0.2, 0) is 11.3 Å². The summed E-state index contributed by atoms with van der Waals surface area (Å²) in [6.07, 6.45) is -0.676. The number of aryl methyl sites for hydroxylation is 1. The second-order valence-electron chi connectivity index (χ2n) is 8.04. The molecule has 170 valence electrons. The molecule has 0 aliphatic rings. The van der Waals surface area contributed by atoms with Crippen molar-refractivity contribution >= 4 is 11.8 Å². The van der Waals surface area contributed by atoms with Gasteiger partial charge in [0.25, 0.3) is 0 Å². The van der Waals surface area contributed by atoms with Gasteiger partial charge in [-0.1, -0.05) is 90.5 Å². The monoisotopic (exact) mass is 466 g/mol. The van der Waals surface area contributed by atoms with Gasteiger partial charge in [0.2, 0.25) is 0 Å². The van der Waals surface area contributed by atoms with Gasteiger partial charge in [-0.2, -0.15) is 5.26 Å². The van der Waals surface area contributed by atoms with Crippen molar-refractivity contribution in [3.05, 3.63) is 108 Å². The number of benzene rings is 3. The van der Waals surface area contributed by atoms with Gasteiger partial charge in [-0.25, -0.2) is 4.98 Å². The second kappa shape index (κ2) is 11.6. The highest BCUT2D eigenvalue weighted by Gasteiger charge is 2.17. The van der Waals surface area contributed by atoms with Crippen molar-refractivity contribution in [2.24, 2.45) is 0 Å². The maximum absolute atomic E-state index is 10.5. The Balaban J connectivity index is 1.56. The van der Waals surface area contributed by atoms with Crippen LogP contribution in [0.25, 0.3) is 22.4 Å². The highest BCUT2D eigenvalue weighted by atomic mass is 32.2. The summed E-state index contributed by atoms with van der Waals surface area (Å²) in [6, 6.07) is 32.3. The number of aliphatic hydroxyl groups is 1. The van der Waals surface area contributed by atoms with Gasteiger partial charge in [-0.05, 0) is 24.1 Å². The third-order valence-corrected chi connectivity index (χ3v) is 6.48. The Morgan fingerprint density at radius 2 is 1.62 bits per heavy atom. The first-order valence-electron chi connectivity index (χ1n) is 11.1. The molecule has 4 aromatic rings. The summed E-state index contributed by atoms with van der Waals surface area (Å²) in [5.41, 5.74) is 6.35. The lowest BCUT2D eigenvalue weighted by Crippen LogP contribution is -2.18. The van der Waals surface area contributed by atoms with Crippen molar-refractivity contribution in [1.29, 1.82) is 5.26 Å². The van der Waals surface area contributed by atoms with Crippen LogP contribution in [0.2, 0.25) is 0 Å². The number of hydrogen-bond acceptors (Lipinski definition) is 5. The van der Waals surface area contributed by atoms with Crippen LogP contribution in [0.3, 0.4) is 0 Å². The fraction of sp³-hybridized carbons (Fsp3) is 0.172. The zero-order valence-corrected chi connectivity index (χ0v) is 19.8. The van der Waals surface area contributed by atoms with Crippen molar-refractivity contribution < 1.29 is 9.84 Å². The lowest BCUT2D eigenvalue weighted by molar-refractivity contribution is 0.0398. The van der Waals surface area contributed by atoms with E-state index >= 15 is 0 Å². The average Bonchev–Trinajstić information content (AvgIpc) is 2.88. The summed E-state index contributed by atoms with van der Waals surface area (Å²) in [5, 5.41) is 21.1. The first kappa shape index (κ1) is 23.7. The van der Waals surface area contributed by atoms with Crippen molar-refractivity contribution in [2.45, 2.75) is 24.7 Å². The topological polar surface area (TPSA) is 66.1 Å². The maximum atomic E-state index is 10.5. The predicted molar refractivity (Wildman–Crippen MR) is 137 cm³/mol. The van der Waals surface area contributed by atoms with Crippen LogP contribution in [0.5, 0.6) is 0 Å². The Hall–Kier alpha value is -3.43. The van der Waals surface area contributed by atoms with E-state index in [1.807, 2.05) is 85.8 Å². The Labute approximate surface area is 204 Å². The molecule has 1 unspecified atom stereocenters. The summed E-state index contributed by atoms with van der Waals surface area (Å²) in [5.74, 6) is 0.377. The molecule has 1 aromatic heterocycles. The normalized spacial score (nSPS) is 11.7. The number of rotatable bonds is 9. The van der Waals surface area contributed by atoms with E-state index in [1.54, 1.807) is 0 Å². The van der Waals surface area contributed by atoms with Crippen LogP contribution in [0.4, 0.5) is 0 Å². The molecule has 0 saturated heterocycles. The fourth-order valence-electron chi connectivity index (χ4n) is 3.56. The quantitative estimate of drug-likeness (QED) is 0.295. The highest BCUT2D eigenvalue weighted by Crippen LogP contribution is 2.34. The van der Waals surface area contributed by atoms with Crippen molar-refractivity contribution in [1.82, 2.24) is 4.98 Å². The molecule has 0 radical (unpaired) electrons. The van der Waals surface area contributed by atoms with Gasteiger partial charge in [0.15, 0.2) is 0 Å². The zero-order chi connectivity index (χ0) is 23.8. The van der Waals surface area contributed by atoms with Gasteiger partial charge >= 0.3 is 0 Å². The highest BCUT2D eigenvalue weighted by molar-refractivity contribution is 7.99. The number of aromatic nitrogens is 1. The number of hydrogen-bond donors (Lipinski definition) is 1. The van der Waals surface area contributed by atoms with E-state index in [9.17, 15) is 10.4 Å². The molecule has 1 N–H and O–H groups in total. The fourth-order valence-corrected chi connectivity index (χ4v) is 4.47. The molecule has 0 spiro atoms. The SMILES string of the molecule is Cc1ccc(-c2cc(-c3ccccc3)c(C#N)c(SCC(O)COCc3ccccc3)n2)cc1. The smallest absolute Gasteiger partial charge is 0.115 e. The Morgan fingerprint density at radius 1 is 0.941 bits per heavy atom. The molecule has 4 nitrogen and oxygen atoms in total. The van der Waals surface area contributed by atoms with E-state index < -0.39 is 6.10 Å². The first-order valence-corrected chi connectivity index (χ1v) is 12.1. The van der Waals surface area contributed by atoms with Gasteiger partial charge in [-0.3, -0.25) is 0 Å². The molecule has 0 aliphatic heterocycles. The average molecular weight is 467 g/mol. The molecule has 4 rings (SSSR count). The predicted octanol–water partition coefficient (Wildman–Crippen LogP) is 6.27. The molecule has 0 bridgehead atoms. The summed E-state index contributed by atoms with van der Waals surface area (Å²) in [6.45, 7) is 2.71. The van der Waals surface area contributed by atoms with E-state index in [0.717, 1.165) is 27.9 Å². The molecule has 5 heteroatoms. The van der Waals surface area contributed by atoms with Crippen molar-refractivity contribution in [2.75, 3.05) is 12.4 Å². The number of nitriles is 1. The largest absolute Gasteiger partial charge is 0.390 e. The van der Waals surface area contributed by atoms with Crippen LogP contribution in [-0.4, -0.2) is 28.6 Å². The Kier molecular flexibility index (Phi) is 8.11. The summed E-state index contributed by atoms with van der Waals surface area (Å²) in [4.78, 5) is 4.82. The second-order valence-corrected chi connectivity index (χ2v) is 9.05. The van der Waals surface area contributed by atoms with Gasteiger partial charge in [0, 0.05) is 16.9 Å². The zero-order valence-electron chi connectivity index (χ0n) is 19.0. The minimum absolute atomic E-state index is 0.215. The molecule has 0 amide bonds. The molecule has 0 fully saturated rings. The molecular weight excluding hydrogens is 440 g/mol. The molecule has 3 aromatic carbocycles. The molecule has 0 aliphatic carbocycles. The maximum Gasteiger partial charge on any atom is 0.115 e. The standard InChI is InChI=1S/C29H26N2O2S/c1-21-12-14-24(15-13-21)28-16-26(23-10-6-3-7-11-23)27(17-30)29(31-28)34-20-25(32)19-33-18-22-8-4-2-5-9-22/h2-16,25,32H,18-20H2,1H3. The van der Waals surface area contributed by atoms with Gasteiger partial charge in [0.1, 0.15) is 11.1 Å². The summed E-state index contributed by atoms with van der Waals surface area (Å²) in [7, 11) is 0. The van der Waals surface area contributed by atoms with Gasteiger partial charge in [0.05, 0.1) is 30.6 Å². The molecule has 1 atom stereocenters. The van der Waals surface area contributed by atoms with E-state index in [-0.39, 0.29) is 6.61 Å². The van der Waals surface area contributed by atoms with E-state index in [2.05, 4.69) is 18.2 Å². The number of pyridine rings is 1. The van der Waals surface area contributed by atoms with Crippen LogP contribution in [0.1, 0.15) is 16.7 Å². The summed E-state index contributed by atoms with van der Waals surface area (Å²) < 4.78 is 5.68. The van der Waals surface area contributed by atoms with E-state index in [4.69, 9.17) is 9.72 Å². The van der Waals surface area contributed by atoms with Crippen molar-refractivity contribution in [3.8, 4) is 28.5 Å². The minimum atomic E-state index is -0.676. The lowest BCUT2D eigenvalue weighted by Gasteiger charge is -2.15. The number of aliphatic hydroxyl groups excluding tert-OH is 1. The third kappa shape index (κ3) is 6.12. The Morgan fingerprint density at radius 3 is 2.29 bits per heavy atom. The van der Waals surface area contributed by atoms with Gasteiger partial charge in [-0.15, -0.1) is 11.8 Å². The van der Waals surface area contributed by atoms with Crippen LogP contribution in [0, 0.1) is 18.3 Å². The van der Waals surface area contributed by atoms with Crippen LogP contribution < -0.4 is 0 Å². The van der Waals surface area contributed by atoms with Crippen LogP contribution >= 0.6 is 11.8 Å². The molecule has 0 saturated carbocycles. The Bertz CT molecular complexity index is 1250. The van der Waals surface area contributed by atoms with Crippen molar-refractivity contribution in [3.63, 3.8) is 0 Å². The number of ether oxygens (including phenoxy) is 1. The number of thioether (sulfide) groups is 1. The van der Waals surface area contributed by atoms with Crippen LogP contribution in [0.15, 0.2) is 96.0 Å². The molecule has 1 heterocycles. The van der Waals surface area contributed by atoms with Gasteiger partial charge < -0.3 is 9.84 Å². The lowest BCUT2D eigenvalue weighted by atomic mass is 9.99. The summed E-state index contributed by atoms with van der Waals surface area (Å²) >= 11 is 1.38. The minimum Gasteiger partial charge on any atom is -0.390 e. The molecule has 34 heavy (non-hydrogen) atoms. The number of nitrogens with zero attached hydrogens (tertiary/aromatic N) is 2. The van der Waals surface area contributed by atoms with E-state index in [0.29, 0.717) is 22.9 Å².